The molecule has 2 heteroatoms. The molecule has 40 heavy (non-hydrogen) atoms. The molecule has 7 fully saturated rings. The Labute approximate surface area is 243 Å². The van der Waals surface area contributed by atoms with Crippen LogP contribution in [0, 0.1) is 61.6 Å². The highest BCUT2D eigenvalue weighted by atomic mass is 16.5. The molecule has 6 aliphatic carbocycles. The van der Waals surface area contributed by atoms with Gasteiger partial charge in [-0.05, 0) is 126 Å². The zero-order valence-corrected chi connectivity index (χ0v) is 26.4. The van der Waals surface area contributed by atoms with Crippen LogP contribution in [-0.2, 0) is 9.53 Å². The van der Waals surface area contributed by atoms with E-state index in [1.54, 1.807) is 0 Å². The summed E-state index contributed by atoms with van der Waals surface area (Å²) in [4.78, 5) is 14.4. The molecule has 1 spiro atoms. The number of hydrogen-bond acceptors (Lipinski definition) is 2. The SMILES string of the molecule is CC1(C)C(=O)[C@]2(C[C@@H]2c2ccccc2)C[C@@]2(C)C1CC[C@]1(C)C2CCC2C3[C@@H]4OC[C@@]3(CCC4(C)C)CC[C@]21C. The summed E-state index contributed by atoms with van der Waals surface area (Å²) in [6, 6.07) is 11.0. The maximum absolute atomic E-state index is 14.4. The molecule has 6 saturated carbocycles. The van der Waals surface area contributed by atoms with Crippen molar-refractivity contribution in [1.29, 1.82) is 0 Å². The van der Waals surface area contributed by atoms with Gasteiger partial charge in [-0.15, -0.1) is 0 Å². The van der Waals surface area contributed by atoms with Gasteiger partial charge in [-0.1, -0.05) is 78.8 Å². The highest BCUT2D eigenvalue weighted by Gasteiger charge is 2.77. The van der Waals surface area contributed by atoms with Gasteiger partial charge in [0, 0.05) is 10.8 Å². The largest absolute Gasteiger partial charge is 0.377 e. The number of carbonyl (C=O) groups is 1. The number of carbonyl (C=O) groups excluding carboxylic acids is 1. The van der Waals surface area contributed by atoms with Crippen LogP contribution < -0.4 is 0 Å². The van der Waals surface area contributed by atoms with Crippen molar-refractivity contribution in [3.63, 3.8) is 0 Å². The molecule has 1 saturated heterocycles. The van der Waals surface area contributed by atoms with Crippen molar-refractivity contribution < 1.29 is 9.53 Å². The quantitative estimate of drug-likeness (QED) is 0.353. The van der Waals surface area contributed by atoms with Crippen molar-refractivity contribution in [1.82, 2.24) is 0 Å². The molecule has 4 unspecified atom stereocenters. The van der Waals surface area contributed by atoms with Crippen LogP contribution in [0.4, 0.5) is 0 Å². The van der Waals surface area contributed by atoms with E-state index in [1.165, 1.54) is 56.9 Å². The first-order valence-corrected chi connectivity index (χ1v) is 17.0. The molecule has 0 radical (unpaired) electrons. The summed E-state index contributed by atoms with van der Waals surface area (Å²) >= 11 is 0. The van der Waals surface area contributed by atoms with Gasteiger partial charge in [-0.2, -0.15) is 0 Å². The fourth-order valence-corrected chi connectivity index (χ4v) is 14.2. The Morgan fingerprint density at radius 3 is 2.25 bits per heavy atom. The van der Waals surface area contributed by atoms with E-state index in [-0.39, 0.29) is 16.2 Å². The maximum Gasteiger partial charge on any atom is 0.145 e. The lowest BCUT2D eigenvalue weighted by Crippen LogP contribution is -2.68. The first kappa shape index (κ1) is 26.5. The summed E-state index contributed by atoms with van der Waals surface area (Å²) in [7, 11) is 0. The van der Waals surface area contributed by atoms with E-state index in [2.05, 4.69) is 78.8 Å². The second-order valence-electron chi connectivity index (χ2n) is 18.3. The molecule has 11 atom stereocenters. The summed E-state index contributed by atoms with van der Waals surface area (Å²) in [6.07, 6.45) is 13.4. The van der Waals surface area contributed by atoms with Gasteiger partial charge < -0.3 is 4.74 Å². The molecular formula is C38H54O2. The fourth-order valence-electron chi connectivity index (χ4n) is 14.2. The minimum absolute atomic E-state index is 0.136. The van der Waals surface area contributed by atoms with Crippen LogP contribution in [0.25, 0.3) is 0 Å². The summed E-state index contributed by atoms with van der Waals surface area (Å²) in [5.74, 6) is 3.78. The lowest BCUT2D eigenvalue weighted by atomic mass is 9.31. The Morgan fingerprint density at radius 1 is 0.775 bits per heavy atom. The number of hydrogen-bond donors (Lipinski definition) is 0. The van der Waals surface area contributed by atoms with Crippen molar-refractivity contribution in [2.24, 2.45) is 61.6 Å². The number of rotatable bonds is 1. The van der Waals surface area contributed by atoms with E-state index < -0.39 is 0 Å². The standard InChI is InChI=1S/C38H54O2/c1-32(2)17-19-37-20-18-35(6)25(29(37)30(32)40-23-37)13-14-28-34(5)22-38(21-26(38)24-11-9-8-10-12-24)31(39)33(3,4)27(34)15-16-36(28,35)7/h8-12,25-30H,13-23H2,1-7H3/t25?,26-,27?,28?,29?,30+,34+,35-,36-,37-,38-/m1/s1. The van der Waals surface area contributed by atoms with Gasteiger partial charge in [0.2, 0.25) is 0 Å². The summed E-state index contributed by atoms with van der Waals surface area (Å²) in [5.41, 5.74) is 2.75. The predicted octanol–water partition coefficient (Wildman–Crippen LogP) is 9.23. The molecule has 2 nitrogen and oxygen atoms in total. The van der Waals surface area contributed by atoms with Crippen LogP contribution in [0.3, 0.4) is 0 Å². The number of fused-ring (bicyclic) bond motifs is 5. The lowest BCUT2D eigenvalue weighted by Gasteiger charge is -2.73. The van der Waals surface area contributed by atoms with E-state index in [9.17, 15) is 4.79 Å². The van der Waals surface area contributed by atoms with Crippen molar-refractivity contribution in [2.45, 2.75) is 125 Å². The summed E-state index contributed by atoms with van der Waals surface area (Å²) in [6.45, 7) is 18.9. The number of benzene rings is 1. The van der Waals surface area contributed by atoms with Gasteiger partial charge in [0.1, 0.15) is 5.78 Å². The minimum Gasteiger partial charge on any atom is -0.377 e. The Hall–Kier alpha value is -1.15. The summed E-state index contributed by atoms with van der Waals surface area (Å²) in [5, 5.41) is 0. The Morgan fingerprint density at radius 2 is 1.50 bits per heavy atom. The average Bonchev–Trinajstić information content (AvgIpc) is 3.51. The van der Waals surface area contributed by atoms with Gasteiger partial charge in [0.25, 0.3) is 0 Å². The van der Waals surface area contributed by atoms with Crippen LogP contribution in [0.2, 0.25) is 0 Å². The number of ketones is 1. The van der Waals surface area contributed by atoms with Gasteiger partial charge >= 0.3 is 0 Å². The van der Waals surface area contributed by atoms with Gasteiger partial charge in [-0.25, -0.2) is 0 Å². The normalized spacial score (nSPS) is 55.1. The Kier molecular flexibility index (Phi) is 5.08. The van der Waals surface area contributed by atoms with Gasteiger partial charge in [0.15, 0.2) is 0 Å². The first-order chi connectivity index (χ1) is 18.8. The van der Waals surface area contributed by atoms with Crippen LogP contribution in [0.5, 0.6) is 0 Å². The van der Waals surface area contributed by atoms with E-state index in [4.69, 9.17) is 4.74 Å². The molecule has 8 rings (SSSR count). The smallest absolute Gasteiger partial charge is 0.145 e. The number of Topliss-reactive ketones (excluding diaryl/α,β-unsaturated/α-hetero) is 1. The van der Waals surface area contributed by atoms with Crippen molar-refractivity contribution in [3.8, 4) is 0 Å². The molecule has 1 aromatic carbocycles. The Balaban J connectivity index is 1.18. The maximum atomic E-state index is 14.4. The molecule has 2 bridgehead atoms. The molecule has 218 valence electrons. The number of ether oxygens (including phenoxy) is 1. The highest BCUT2D eigenvalue weighted by molar-refractivity contribution is 5.95. The second kappa shape index (κ2) is 7.67. The topological polar surface area (TPSA) is 26.3 Å². The third-order valence-corrected chi connectivity index (χ3v) is 16.3. The molecule has 1 heterocycles. The monoisotopic (exact) mass is 542 g/mol. The molecule has 0 aromatic heterocycles. The van der Waals surface area contributed by atoms with E-state index in [1.807, 2.05) is 0 Å². The minimum atomic E-state index is -0.230. The Bertz CT molecular complexity index is 1250. The summed E-state index contributed by atoms with van der Waals surface area (Å²) < 4.78 is 6.79. The first-order valence-electron chi connectivity index (χ1n) is 17.0. The predicted molar refractivity (Wildman–Crippen MR) is 161 cm³/mol. The average molecular weight is 543 g/mol. The third-order valence-electron chi connectivity index (χ3n) is 16.3. The second-order valence-corrected chi connectivity index (χ2v) is 18.3. The van der Waals surface area contributed by atoms with E-state index in [0.717, 1.165) is 31.3 Å². The molecule has 7 aliphatic rings. The molecule has 0 N–H and O–H groups in total. The third kappa shape index (κ3) is 2.90. The zero-order chi connectivity index (χ0) is 28.1. The molecule has 0 amide bonds. The fraction of sp³-hybridized carbons (Fsp3) is 0.816. The van der Waals surface area contributed by atoms with Crippen LogP contribution in [0.1, 0.15) is 124 Å². The van der Waals surface area contributed by atoms with E-state index in [0.29, 0.717) is 51.3 Å². The molecule has 1 aromatic rings. The molecular weight excluding hydrogens is 488 g/mol. The highest BCUT2D eigenvalue weighted by Crippen LogP contribution is 2.81. The van der Waals surface area contributed by atoms with Gasteiger partial charge in [0.05, 0.1) is 12.7 Å². The van der Waals surface area contributed by atoms with Crippen LogP contribution in [0.15, 0.2) is 30.3 Å². The van der Waals surface area contributed by atoms with E-state index >= 15 is 0 Å². The van der Waals surface area contributed by atoms with Crippen LogP contribution in [-0.4, -0.2) is 18.5 Å². The van der Waals surface area contributed by atoms with Crippen molar-refractivity contribution in [3.05, 3.63) is 35.9 Å². The zero-order valence-electron chi connectivity index (χ0n) is 26.4. The lowest BCUT2D eigenvalue weighted by molar-refractivity contribution is -0.244. The van der Waals surface area contributed by atoms with Crippen molar-refractivity contribution >= 4 is 5.78 Å². The van der Waals surface area contributed by atoms with Gasteiger partial charge in [-0.3, -0.25) is 4.79 Å². The van der Waals surface area contributed by atoms with Crippen LogP contribution >= 0.6 is 0 Å². The van der Waals surface area contributed by atoms with Crippen molar-refractivity contribution in [2.75, 3.05) is 6.61 Å². The molecule has 1 aliphatic heterocycles.